The zero-order valence-electron chi connectivity index (χ0n) is 11.5. The molecule has 2 aromatic rings. The van der Waals surface area contributed by atoms with E-state index >= 15 is 0 Å². The fourth-order valence-corrected chi connectivity index (χ4v) is 5.20. The molecule has 2 heterocycles. The molecule has 0 radical (unpaired) electrons. The molecule has 21 heavy (non-hydrogen) atoms. The van der Waals surface area contributed by atoms with E-state index in [9.17, 15) is 4.79 Å². The smallest absolute Gasteiger partial charge is 0.348 e. The summed E-state index contributed by atoms with van der Waals surface area (Å²) in [6.45, 7) is 3.19. The van der Waals surface area contributed by atoms with Crippen LogP contribution in [0.15, 0.2) is 30.3 Å². The van der Waals surface area contributed by atoms with Gasteiger partial charge in [0.25, 0.3) is 0 Å². The molecule has 1 aliphatic heterocycles. The number of benzene rings is 1. The van der Waals surface area contributed by atoms with E-state index in [-0.39, 0.29) is 5.97 Å². The van der Waals surface area contributed by atoms with Gasteiger partial charge >= 0.3 is 5.97 Å². The van der Waals surface area contributed by atoms with E-state index in [2.05, 4.69) is 43.7 Å². The maximum Gasteiger partial charge on any atom is 0.348 e. The maximum absolute atomic E-state index is 12.0. The molecule has 0 unspecified atom stereocenters. The molecule has 0 aliphatic carbocycles. The van der Waals surface area contributed by atoms with E-state index < -0.39 is 0 Å². The number of halogens is 1. The highest BCUT2D eigenvalue weighted by atomic mass is 127. The van der Waals surface area contributed by atoms with Crippen molar-refractivity contribution in [2.45, 2.75) is 13.3 Å². The number of para-hydroxylation sites is 1. The summed E-state index contributed by atoms with van der Waals surface area (Å²) >= 11 is 3.86. The summed E-state index contributed by atoms with van der Waals surface area (Å²) in [5, 5.41) is 0. The molecule has 110 valence electrons. The SMILES string of the molecule is CCOC(=O)c1cc2c(s1)-c1ccccc1N(SI)CC2. The lowest BCUT2D eigenvalue weighted by Gasteiger charge is -2.20. The summed E-state index contributed by atoms with van der Waals surface area (Å²) in [5.41, 5.74) is 3.66. The van der Waals surface area contributed by atoms with Crippen LogP contribution in [0.5, 0.6) is 0 Å². The summed E-state index contributed by atoms with van der Waals surface area (Å²) in [6, 6.07) is 10.4. The summed E-state index contributed by atoms with van der Waals surface area (Å²) in [7, 11) is 1.71. The van der Waals surface area contributed by atoms with E-state index in [1.54, 1.807) is 9.12 Å². The highest BCUT2D eigenvalue weighted by molar-refractivity contribution is 14.2. The van der Waals surface area contributed by atoms with Crippen molar-refractivity contribution in [1.29, 1.82) is 0 Å². The first kappa shape index (κ1) is 15.2. The van der Waals surface area contributed by atoms with Crippen molar-refractivity contribution in [3.8, 4) is 10.4 Å². The predicted molar refractivity (Wildman–Crippen MR) is 98.4 cm³/mol. The minimum absolute atomic E-state index is 0.215. The summed E-state index contributed by atoms with van der Waals surface area (Å²) in [6.07, 6.45) is 0.940. The number of carbonyl (C=O) groups is 1. The van der Waals surface area contributed by atoms with Crippen LogP contribution in [0.4, 0.5) is 5.69 Å². The molecule has 1 aromatic heterocycles. The predicted octanol–water partition coefficient (Wildman–Crippen LogP) is 4.95. The van der Waals surface area contributed by atoms with Gasteiger partial charge in [-0.05, 0) is 31.0 Å². The van der Waals surface area contributed by atoms with E-state index in [0.717, 1.165) is 13.0 Å². The molecule has 0 bridgehead atoms. The topological polar surface area (TPSA) is 29.5 Å². The van der Waals surface area contributed by atoms with E-state index in [4.69, 9.17) is 4.74 Å². The van der Waals surface area contributed by atoms with Gasteiger partial charge in [-0.25, -0.2) is 4.79 Å². The fraction of sp³-hybridized carbons (Fsp3) is 0.267. The Kier molecular flexibility index (Phi) is 4.75. The third-order valence-corrected chi connectivity index (χ3v) is 6.53. The fourth-order valence-electron chi connectivity index (χ4n) is 2.44. The Hall–Kier alpha value is -0.730. The first-order chi connectivity index (χ1) is 10.2. The summed E-state index contributed by atoms with van der Waals surface area (Å²) in [4.78, 5) is 13.9. The van der Waals surface area contributed by atoms with Crippen molar-refractivity contribution in [2.75, 3.05) is 17.5 Å². The maximum atomic E-state index is 12.0. The van der Waals surface area contributed by atoms with Gasteiger partial charge in [0.1, 0.15) is 4.88 Å². The second-order valence-corrected chi connectivity index (χ2v) is 7.44. The molecular formula is C15H14INO2S2. The number of esters is 1. The zero-order chi connectivity index (χ0) is 14.8. The molecule has 0 spiro atoms. The summed E-state index contributed by atoms with van der Waals surface area (Å²) < 4.78 is 7.42. The van der Waals surface area contributed by atoms with Crippen LogP contribution in [0.3, 0.4) is 0 Å². The molecule has 3 rings (SSSR count). The first-order valence-corrected chi connectivity index (χ1v) is 10.8. The Morgan fingerprint density at radius 1 is 1.48 bits per heavy atom. The first-order valence-electron chi connectivity index (χ1n) is 6.70. The number of fused-ring (bicyclic) bond motifs is 3. The van der Waals surface area contributed by atoms with Crippen LogP contribution >= 0.6 is 41.7 Å². The van der Waals surface area contributed by atoms with Gasteiger partial charge in [-0.2, -0.15) is 0 Å². The number of hydrogen-bond donors (Lipinski definition) is 0. The van der Waals surface area contributed by atoms with Crippen molar-refractivity contribution >= 4 is 53.3 Å². The molecule has 0 amide bonds. The van der Waals surface area contributed by atoms with Crippen molar-refractivity contribution < 1.29 is 9.53 Å². The van der Waals surface area contributed by atoms with Gasteiger partial charge in [-0.15, -0.1) is 11.3 Å². The van der Waals surface area contributed by atoms with Crippen molar-refractivity contribution in [1.82, 2.24) is 0 Å². The van der Waals surface area contributed by atoms with Crippen LogP contribution in [0.25, 0.3) is 10.4 Å². The van der Waals surface area contributed by atoms with Crippen LogP contribution in [-0.2, 0) is 11.2 Å². The second-order valence-electron chi connectivity index (χ2n) is 4.62. The molecule has 3 nitrogen and oxygen atoms in total. The largest absolute Gasteiger partial charge is 0.462 e. The van der Waals surface area contributed by atoms with Gasteiger partial charge in [0.15, 0.2) is 0 Å². The van der Waals surface area contributed by atoms with Crippen LogP contribution < -0.4 is 4.31 Å². The Bertz CT molecular complexity index is 671. The monoisotopic (exact) mass is 431 g/mol. The molecule has 1 aromatic carbocycles. The molecule has 1 aliphatic rings. The van der Waals surface area contributed by atoms with Crippen LogP contribution in [0.2, 0.25) is 0 Å². The quantitative estimate of drug-likeness (QED) is 0.391. The Morgan fingerprint density at radius 3 is 3.05 bits per heavy atom. The van der Waals surface area contributed by atoms with Gasteiger partial charge in [0.2, 0.25) is 0 Å². The van der Waals surface area contributed by atoms with Gasteiger partial charge in [-0.1, -0.05) is 18.2 Å². The van der Waals surface area contributed by atoms with Crippen LogP contribution in [-0.4, -0.2) is 19.1 Å². The van der Waals surface area contributed by atoms with Crippen LogP contribution in [0.1, 0.15) is 22.2 Å². The normalized spacial score (nSPS) is 13.3. The molecule has 0 N–H and O–H groups in total. The number of hydrogen-bond acceptors (Lipinski definition) is 5. The van der Waals surface area contributed by atoms with E-state index in [1.165, 1.54) is 33.0 Å². The average molecular weight is 431 g/mol. The van der Waals surface area contributed by atoms with Crippen molar-refractivity contribution in [3.05, 3.63) is 40.8 Å². The highest BCUT2D eigenvalue weighted by Crippen LogP contribution is 2.44. The van der Waals surface area contributed by atoms with Crippen molar-refractivity contribution in [2.24, 2.45) is 0 Å². The molecule has 0 saturated heterocycles. The molecule has 6 heteroatoms. The molecule has 0 fully saturated rings. The molecular weight excluding hydrogens is 417 g/mol. The molecule has 0 saturated carbocycles. The standard InChI is InChI=1S/C15H14INO2S2/c1-2-19-15(18)13-9-10-7-8-17(21-16)12-6-4-3-5-11(12)14(10)20-13/h3-6,9H,2,7-8H2,1H3. The van der Waals surface area contributed by atoms with Crippen molar-refractivity contribution in [3.63, 3.8) is 0 Å². The van der Waals surface area contributed by atoms with Gasteiger partial charge in [0.05, 0.1) is 12.3 Å². The lowest BCUT2D eigenvalue weighted by molar-refractivity contribution is 0.0532. The number of ether oxygens (including phenoxy) is 1. The minimum Gasteiger partial charge on any atom is -0.462 e. The number of anilines is 1. The Labute approximate surface area is 144 Å². The Morgan fingerprint density at radius 2 is 2.29 bits per heavy atom. The molecule has 0 atom stereocenters. The third-order valence-electron chi connectivity index (χ3n) is 3.37. The average Bonchev–Trinajstić information content (AvgIpc) is 2.87. The highest BCUT2D eigenvalue weighted by Gasteiger charge is 2.23. The van der Waals surface area contributed by atoms with E-state index in [1.807, 2.05) is 19.1 Å². The Balaban J connectivity index is 2.07. The number of thiophene rings is 1. The number of nitrogens with zero attached hydrogens (tertiary/aromatic N) is 1. The third kappa shape index (κ3) is 2.93. The van der Waals surface area contributed by atoms with Gasteiger partial charge in [0, 0.05) is 47.3 Å². The van der Waals surface area contributed by atoms with Gasteiger partial charge in [-0.3, -0.25) is 0 Å². The number of rotatable bonds is 3. The lowest BCUT2D eigenvalue weighted by Crippen LogP contribution is -2.14. The summed E-state index contributed by atoms with van der Waals surface area (Å²) in [5.74, 6) is -0.215. The van der Waals surface area contributed by atoms with E-state index in [0.29, 0.717) is 11.5 Å². The number of carbonyl (C=O) groups excluding carboxylic acids is 1. The van der Waals surface area contributed by atoms with Crippen LogP contribution in [0, 0.1) is 0 Å². The second kappa shape index (κ2) is 6.58. The zero-order valence-corrected chi connectivity index (χ0v) is 15.3. The van der Waals surface area contributed by atoms with Gasteiger partial charge < -0.3 is 9.04 Å². The minimum atomic E-state index is -0.215. The lowest BCUT2D eigenvalue weighted by atomic mass is 10.1.